The summed E-state index contributed by atoms with van der Waals surface area (Å²) in [5, 5.41) is 5.99. The highest BCUT2D eigenvalue weighted by Gasteiger charge is 2.18. The standard InChI is InChI=1S/C56H36N4/c1-3-16-42(17-4-1)59-53-23-9-7-20-44(53)48-34-38(26-29-55(48)59)37-25-28-51-47(33-37)46(39-14-13-15-40(32-39)50-22-11-12-31-57-50)36-52(58-51)41-27-30-56-49(35-41)45-21-8-10-24-54(45)60(56)43-18-5-2-6-19-43/h1-36H. The predicted molar refractivity (Wildman–Crippen MR) is 250 cm³/mol. The van der Waals surface area contributed by atoms with Crippen molar-refractivity contribution in [1.29, 1.82) is 0 Å². The maximum absolute atomic E-state index is 5.40. The lowest BCUT2D eigenvalue weighted by Crippen LogP contribution is -1.94. The van der Waals surface area contributed by atoms with Crippen molar-refractivity contribution in [2.45, 2.75) is 0 Å². The van der Waals surface area contributed by atoms with Crippen LogP contribution >= 0.6 is 0 Å². The summed E-state index contributed by atoms with van der Waals surface area (Å²) in [6.45, 7) is 0. The zero-order chi connectivity index (χ0) is 39.6. The van der Waals surface area contributed by atoms with Crippen LogP contribution in [0, 0.1) is 0 Å². The molecule has 8 aromatic carbocycles. The van der Waals surface area contributed by atoms with E-state index in [9.17, 15) is 0 Å². The second-order valence-electron chi connectivity index (χ2n) is 15.4. The number of rotatable bonds is 6. The number of benzene rings is 8. The van der Waals surface area contributed by atoms with Crippen LogP contribution in [0.4, 0.5) is 0 Å². The molecule has 0 aliphatic heterocycles. The molecule has 4 heterocycles. The minimum absolute atomic E-state index is 0.932. The van der Waals surface area contributed by atoms with E-state index in [1.165, 1.54) is 43.6 Å². The van der Waals surface area contributed by atoms with Crippen LogP contribution in [0.3, 0.4) is 0 Å². The Hall–Kier alpha value is -8.08. The van der Waals surface area contributed by atoms with E-state index in [0.717, 1.165) is 67.0 Å². The van der Waals surface area contributed by atoms with E-state index >= 15 is 0 Å². The van der Waals surface area contributed by atoms with Crippen LogP contribution in [0.5, 0.6) is 0 Å². The van der Waals surface area contributed by atoms with E-state index in [1.807, 2.05) is 18.3 Å². The zero-order valence-corrected chi connectivity index (χ0v) is 32.6. The van der Waals surface area contributed by atoms with Crippen LogP contribution in [0.2, 0.25) is 0 Å². The average Bonchev–Trinajstić information content (AvgIpc) is 3.84. The summed E-state index contributed by atoms with van der Waals surface area (Å²) in [4.78, 5) is 10.1. The molecule has 60 heavy (non-hydrogen) atoms. The third kappa shape index (κ3) is 5.53. The summed E-state index contributed by atoms with van der Waals surface area (Å²) in [6.07, 6.45) is 1.85. The zero-order valence-electron chi connectivity index (χ0n) is 32.6. The van der Waals surface area contributed by atoms with Gasteiger partial charge in [-0.05, 0) is 119 Å². The molecule has 0 saturated heterocycles. The third-order valence-electron chi connectivity index (χ3n) is 11.9. The molecule has 0 saturated carbocycles. The number of nitrogens with zero attached hydrogens (tertiary/aromatic N) is 4. The number of hydrogen-bond donors (Lipinski definition) is 0. The summed E-state index contributed by atoms with van der Waals surface area (Å²) in [5.41, 5.74) is 16.6. The van der Waals surface area contributed by atoms with Crippen LogP contribution < -0.4 is 0 Å². The molecule has 0 fully saturated rings. The molecule has 4 nitrogen and oxygen atoms in total. The van der Waals surface area contributed by atoms with Crippen LogP contribution in [-0.2, 0) is 0 Å². The highest BCUT2D eigenvalue weighted by Crippen LogP contribution is 2.40. The average molecular weight is 765 g/mol. The van der Waals surface area contributed by atoms with Crippen LogP contribution in [0.25, 0.3) is 111 Å². The molecule has 4 heteroatoms. The minimum atomic E-state index is 0.932. The molecule has 0 amide bonds. The van der Waals surface area contributed by atoms with Gasteiger partial charge in [0.1, 0.15) is 0 Å². The van der Waals surface area contributed by atoms with E-state index in [1.54, 1.807) is 0 Å². The van der Waals surface area contributed by atoms with E-state index in [-0.39, 0.29) is 0 Å². The summed E-state index contributed by atoms with van der Waals surface area (Å²) < 4.78 is 4.72. The van der Waals surface area contributed by atoms with Crippen molar-refractivity contribution in [3.8, 4) is 56.1 Å². The van der Waals surface area contributed by atoms with Gasteiger partial charge in [0.2, 0.25) is 0 Å². The van der Waals surface area contributed by atoms with Gasteiger partial charge in [-0.1, -0.05) is 115 Å². The minimum Gasteiger partial charge on any atom is -0.309 e. The topological polar surface area (TPSA) is 35.6 Å². The molecular weight excluding hydrogens is 729 g/mol. The Kier molecular flexibility index (Phi) is 7.82. The number of hydrogen-bond acceptors (Lipinski definition) is 2. The van der Waals surface area contributed by atoms with Gasteiger partial charge in [-0.3, -0.25) is 4.98 Å². The Morgan fingerprint density at radius 1 is 0.300 bits per heavy atom. The molecule has 0 atom stereocenters. The number of pyridine rings is 2. The fourth-order valence-electron chi connectivity index (χ4n) is 9.17. The highest BCUT2D eigenvalue weighted by atomic mass is 15.0. The number of para-hydroxylation sites is 4. The molecular formula is C56H36N4. The van der Waals surface area contributed by atoms with E-state index in [4.69, 9.17) is 9.97 Å². The van der Waals surface area contributed by atoms with E-state index in [0.29, 0.717) is 0 Å². The van der Waals surface area contributed by atoms with Gasteiger partial charge in [-0.15, -0.1) is 0 Å². The molecule has 0 N–H and O–H groups in total. The van der Waals surface area contributed by atoms with Gasteiger partial charge in [0.25, 0.3) is 0 Å². The van der Waals surface area contributed by atoms with Crippen LogP contribution in [0.15, 0.2) is 219 Å². The first kappa shape index (κ1) is 34.0. The van der Waals surface area contributed by atoms with Gasteiger partial charge < -0.3 is 9.13 Å². The summed E-state index contributed by atoms with van der Waals surface area (Å²) in [5.74, 6) is 0. The summed E-state index contributed by atoms with van der Waals surface area (Å²) >= 11 is 0. The second kappa shape index (κ2) is 13.8. The van der Waals surface area contributed by atoms with Crippen molar-refractivity contribution in [2.24, 2.45) is 0 Å². The predicted octanol–water partition coefficient (Wildman–Crippen LogP) is 14.5. The van der Waals surface area contributed by atoms with Crippen molar-refractivity contribution < 1.29 is 0 Å². The third-order valence-corrected chi connectivity index (χ3v) is 11.9. The molecule has 12 rings (SSSR count). The fraction of sp³-hybridized carbons (Fsp3) is 0. The van der Waals surface area contributed by atoms with Gasteiger partial charge in [-0.25, -0.2) is 4.98 Å². The molecule has 12 aromatic rings. The van der Waals surface area contributed by atoms with Gasteiger partial charge >= 0.3 is 0 Å². The maximum atomic E-state index is 5.40. The van der Waals surface area contributed by atoms with E-state index in [2.05, 4.69) is 209 Å². The van der Waals surface area contributed by atoms with Crippen LogP contribution in [0.1, 0.15) is 0 Å². The van der Waals surface area contributed by atoms with Crippen molar-refractivity contribution in [3.63, 3.8) is 0 Å². The molecule has 0 radical (unpaired) electrons. The highest BCUT2D eigenvalue weighted by molar-refractivity contribution is 6.12. The van der Waals surface area contributed by atoms with Gasteiger partial charge in [-0.2, -0.15) is 0 Å². The fourth-order valence-corrected chi connectivity index (χ4v) is 9.17. The normalized spacial score (nSPS) is 11.7. The van der Waals surface area contributed by atoms with Crippen molar-refractivity contribution in [3.05, 3.63) is 219 Å². The van der Waals surface area contributed by atoms with Crippen molar-refractivity contribution >= 4 is 54.5 Å². The Bertz CT molecular complexity index is 3580. The van der Waals surface area contributed by atoms with Crippen LogP contribution in [-0.4, -0.2) is 19.1 Å². The van der Waals surface area contributed by atoms with Crippen molar-refractivity contribution in [1.82, 2.24) is 19.1 Å². The van der Waals surface area contributed by atoms with Gasteiger partial charge in [0, 0.05) is 55.6 Å². The lowest BCUT2D eigenvalue weighted by Gasteiger charge is -2.14. The largest absolute Gasteiger partial charge is 0.309 e. The van der Waals surface area contributed by atoms with Crippen molar-refractivity contribution in [2.75, 3.05) is 0 Å². The molecule has 0 spiro atoms. The second-order valence-corrected chi connectivity index (χ2v) is 15.4. The SMILES string of the molecule is c1ccc(-n2c3ccccc3c3cc(-c4ccc5nc(-c6ccc7c(c6)c6ccccc6n7-c6ccccc6)cc(-c6cccc(-c7ccccn7)c6)c5c4)ccc32)cc1. The Labute approximate surface area is 346 Å². The monoisotopic (exact) mass is 764 g/mol. The van der Waals surface area contributed by atoms with E-state index < -0.39 is 0 Å². The lowest BCUT2D eigenvalue weighted by atomic mass is 9.93. The quantitative estimate of drug-likeness (QED) is 0.169. The maximum Gasteiger partial charge on any atom is 0.0716 e. The molecule has 0 aliphatic rings. The molecule has 280 valence electrons. The molecule has 0 aliphatic carbocycles. The Morgan fingerprint density at radius 2 is 0.817 bits per heavy atom. The Balaban J connectivity index is 1.05. The smallest absolute Gasteiger partial charge is 0.0716 e. The molecule has 4 aromatic heterocycles. The van der Waals surface area contributed by atoms with Gasteiger partial charge in [0.05, 0.1) is 39.0 Å². The number of aromatic nitrogens is 4. The lowest BCUT2D eigenvalue weighted by molar-refractivity contribution is 1.18. The molecule has 0 bridgehead atoms. The molecule has 0 unspecified atom stereocenters. The first-order valence-corrected chi connectivity index (χ1v) is 20.4. The first-order chi connectivity index (χ1) is 29.7. The summed E-state index contributed by atoms with van der Waals surface area (Å²) in [7, 11) is 0. The Morgan fingerprint density at radius 3 is 1.47 bits per heavy atom. The first-order valence-electron chi connectivity index (χ1n) is 20.4. The number of fused-ring (bicyclic) bond motifs is 7. The summed E-state index contributed by atoms with van der Waals surface area (Å²) in [6, 6.07) is 76.1. The van der Waals surface area contributed by atoms with Gasteiger partial charge in [0.15, 0.2) is 0 Å².